The van der Waals surface area contributed by atoms with Crippen LogP contribution in [0.3, 0.4) is 0 Å². The molecule has 1 aromatic carbocycles. The summed E-state index contributed by atoms with van der Waals surface area (Å²) in [6.45, 7) is 2.63. The Morgan fingerprint density at radius 1 is 1.16 bits per heavy atom. The maximum Gasteiger partial charge on any atom is 0.291 e. The van der Waals surface area contributed by atoms with E-state index in [1.807, 2.05) is 12.1 Å². The Balaban J connectivity index is 1.59. The number of hydrogen-bond acceptors (Lipinski definition) is 8. The van der Waals surface area contributed by atoms with Crippen LogP contribution in [0.25, 0.3) is 11.4 Å². The highest BCUT2D eigenvalue weighted by molar-refractivity contribution is 8.23. The molecule has 0 bridgehead atoms. The van der Waals surface area contributed by atoms with E-state index in [1.165, 1.54) is 12.5 Å². The van der Waals surface area contributed by atoms with Gasteiger partial charge in [0, 0.05) is 36.7 Å². The van der Waals surface area contributed by atoms with E-state index in [4.69, 9.17) is 14.1 Å². The average Bonchev–Trinajstić information content (AvgIpc) is 3.29. The molecule has 164 valence electrons. The fraction of sp³-hybridized carbons (Fsp3) is 0.286. The van der Waals surface area contributed by atoms with Crippen molar-refractivity contribution in [1.29, 1.82) is 0 Å². The molecule has 3 heterocycles. The second-order valence-corrected chi connectivity index (χ2v) is 9.56. The standard InChI is InChI=1S/C21H24N4O5S/c1-31(27,28)14-17-13-19(25-8-11-29-12-9-25)24-20(22-17)15-4-6-16(7-5-15)23-21(26)18-3-2-10-30-18/h2-7,10,13,27-28H,8-9,11-12,14H2,1H3,(H,23,26). The number of nitrogens with one attached hydrogen (secondary N) is 1. The topological polar surface area (TPSA) is 121 Å². The van der Waals surface area contributed by atoms with Crippen LogP contribution in [0.15, 0.2) is 53.1 Å². The van der Waals surface area contributed by atoms with Crippen LogP contribution in [0.2, 0.25) is 0 Å². The fourth-order valence-corrected chi connectivity index (χ4v) is 3.93. The van der Waals surface area contributed by atoms with Gasteiger partial charge in [0.25, 0.3) is 5.91 Å². The van der Waals surface area contributed by atoms with Crippen LogP contribution in [0.1, 0.15) is 16.2 Å². The molecule has 31 heavy (non-hydrogen) atoms. The van der Waals surface area contributed by atoms with Crippen molar-refractivity contribution in [3.05, 3.63) is 60.2 Å². The molecular formula is C21H24N4O5S. The predicted octanol–water partition coefficient (Wildman–Crippen LogP) is 3.71. The van der Waals surface area contributed by atoms with Gasteiger partial charge in [-0.25, -0.2) is 9.97 Å². The van der Waals surface area contributed by atoms with Gasteiger partial charge in [0.05, 0.1) is 30.9 Å². The Morgan fingerprint density at radius 2 is 1.90 bits per heavy atom. The molecule has 4 rings (SSSR count). The highest BCUT2D eigenvalue weighted by Crippen LogP contribution is 2.38. The summed E-state index contributed by atoms with van der Waals surface area (Å²) in [6.07, 6.45) is 2.85. The van der Waals surface area contributed by atoms with Crippen LogP contribution >= 0.6 is 10.6 Å². The molecule has 3 N–H and O–H groups in total. The molecule has 0 unspecified atom stereocenters. The second kappa shape index (κ2) is 9.06. The van der Waals surface area contributed by atoms with Crippen molar-refractivity contribution in [2.24, 2.45) is 0 Å². The number of furan rings is 1. The Labute approximate surface area is 181 Å². The summed E-state index contributed by atoms with van der Waals surface area (Å²) in [5, 5.41) is 2.77. The van der Waals surface area contributed by atoms with Gasteiger partial charge < -0.3 is 19.4 Å². The van der Waals surface area contributed by atoms with E-state index in [0.717, 1.165) is 11.4 Å². The van der Waals surface area contributed by atoms with E-state index in [-0.39, 0.29) is 17.4 Å². The lowest BCUT2D eigenvalue weighted by atomic mass is 10.2. The maximum atomic E-state index is 12.1. The monoisotopic (exact) mass is 444 g/mol. The molecule has 0 atom stereocenters. The summed E-state index contributed by atoms with van der Waals surface area (Å²) in [5.74, 6) is 1.15. The van der Waals surface area contributed by atoms with E-state index < -0.39 is 10.6 Å². The fourth-order valence-electron chi connectivity index (χ4n) is 3.22. The average molecular weight is 445 g/mol. The van der Waals surface area contributed by atoms with Crippen molar-refractivity contribution < 1.29 is 23.1 Å². The Hall–Kier alpha value is -2.92. The van der Waals surface area contributed by atoms with Crippen molar-refractivity contribution in [3.63, 3.8) is 0 Å². The van der Waals surface area contributed by atoms with Gasteiger partial charge in [-0.05, 0) is 36.4 Å². The van der Waals surface area contributed by atoms with Gasteiger partial charge in [0.15, 0.2) is 11.6 Å². The van der Waals surface area contributed by atoms with Crippen molar-refractivity contribution >= 4 is 28.0 Å². The number of anilines is 2. The lowest BCUT2D eigenvalue weighted by Gasteiger charge is -2.30. The maximum absolute atomic E-state index is 12.1. The number of aromatic nitrogens is 2. The number of nitrogens with zero attached hydrogens (tertiary/aromatic N) is 3. The van der Waals surface area contributed by atoms with Crippen LogP contribution in [0.4, 0.5) is 11.5 Å². The molecule has 3 aromatic rings. The van der Waals surface area contributed by atoms with E-state index in [9.17, 15) is 13.9 Å². The minimum Gasteiger partial charge on any atom is -0.459 e. The van der Waals surface area contributed by atoms with E-state index in [2.05, 4.69) is 15.2 Å². The Kier molecular flexibility index (Phi) is 6.23. The van der Waals surface area contributed by atoms with Gasteiger partial charge in [-0.15, -0.1) is 0 Å². The zero-order chi connectivity index (χ0) is 21.8. The number of benzene rings is 1. The van der Waals surface area contributed by atoms with Gasteiger partial charge in [-0.1, -0.05) is 0 Å². The number of carbonyl (C=O) groups excluding carboxylic acids is 1. The molecule has 1 amide bonds. The summed E-state index contributed by atoms with van der Waals surface area (Å²) < 4.78 is 30.4. The summed E-state index contributed by atoms with van der Waals surface area (Å²) in [6, 6.07) is 12.2. The minimum atomic E-state index is -2.76. The van der Waals surface area contributed by atoms with Crippen LogP contribution in [0, 0.1) is 0 Å². The lowest BCUT2D eigenvalue weighted by Crippen LogP contribution is -2.37. The van der Waals surface area contributed by atoms with Crippen LogP contribution in [-0.4, -0.2) is 57.5 Å². The third-order valence-corrected chi connectivity index (χ3v) is 5.51. The van der Waals surface area contributed by atoms with Crippen LogP contribution < -0.4 is 10.2 Å². The molecule has 1 aliphatic heterocycles. The lowest BCUT2D eigenvalue weighted by molar-refractivity contribution is 0.0996. The smallest absolute Gasteiger partial charge is 0.291 e. The molecule has 0 spiro atoms. The van der Waals surface area contributed by atoms with E-state index >= 15 is 0 Å². The molecule has 1 fully saturated rings. The first-order chi connectivity index (χ1) is 14.9. The molecule has 0 radical (unpaired) electrons. The first kappa shape index (κ1) is 21.3. The molecule has 0 aliphatic carbocycles. The first-order valence-electron chi connectivity index (χ1n) is 9.74. The zero-order valence-electron chi connectivity index (χ0n) is 17.0. The molecular weight excluding hydrogens is 420 g/mol. The molecule has 0 saturated carbocycles. The van der Waals surface area contributed by atoms with Crippen LogP contribution in [0.5, 0.6) is 0 Å². The summed E-state index contributed by atoms with van der Waals surface area (Å²) in [5.41, 5.74) is 1.92. The van der Waals surface area contributed by atoms with Crippen molar-refractivity contribution in [2.75, 3.05) is 42.8 Å². The zero-order valence-corrected chi connectivity index (χ0v) is 17.8. The summed E-state index contributed by atoms with van der Waals surface area (Å²) in [4.78, 5) is 23.5. The highest BCUT2D eigenvalue weighted by atomic mass is 32.3. The number of amides is 1. The third kappa shape index (κ3) is 5.61. The van der Waals surface area contributed by atoms with Gasteiger partial charge in [-0.3, -0.25) is 13.9 Å². The Morgan fingerprint density at radius 3 is 2.55 bits per heavy atom. The van der Waals surface area contributed by atoms with Crippen molar-refractivity contribution in [2.45, 2.75) is 5.75 Å². The number of hydrogen-bond donors (Lipinski definition) is 3. The number of morpholine rings is 1. The molecule has 1 saturated heterocycles. The van der Waals surface area contributed by atoms with Gasteiger partial charge >= 0.3 is 0 Å². The first-order valence-corrected chi connectivity index (χ1v) is 11.9. The molecule has 10 heteroatoms. The quantitative estimate of drug-likeness (QED) is 0.526. The SMILES string of the molecule is CS(O)(O)Cc1cc(N2CCOCC2)nc(-c2ccc(NC(=O)c3ccco3)cc2)n1. The van der Waals surface area contributed by atoms with Gasteiger partial charge in [-0.2, -0.15) is 10.6 Å². The normalized spacial score (nSPS) is 15.0. The number of carbonyl (C=O) groups is 1. The highest BCUT2D eigenvalue weighted by Gasteiger charge is 2.18. The van der Waals surface area contributed by atoms with Gasteiger partial charge in [0.2, 0.25) is 0 Å². The van der Waals surface area contributed by atoms with Gasteiger partial charge in [0.1, 0.15) is 5.82 Å². The van der Waals surface area contributed by atoms with Crippen molar-refractivity contribution in [3.8, 4) is 11.4 Å². The van der Waals surface area contributed by atoms with E-state index in [1.54, 1.807) is 30.3 Å². The minimum absolute atomic E-state index is 0.0527. The van der Waals surface area contributed by atoms with E-state index in [0.29, 0.717) is 43.5 Å². The predicted molar refractivity (Wildman–Crippen MR) is 120 cm³/mol. The molecule has 2 aromatic heterocycles. The third-order valence-electron chi connectivity index (χ3n) is 4.67. The largest absolute Gasteiger partial charge is 0.459 e. The summed E-state index contributed by atoms with van der Waals surface area (Å²) >= 11 is 0. The number of ether oxygens (including phenoxy) is 1. The molecule has 1 aliphatic rings. The molecule has 9 nitrogen and oxygen atoms in total. The second-order valence-electron chi connectivity index (χ2n) is 7.29. The van der Waals surface area contributed by atoms with Crippen molar-refractivity contribution in [1.82, 2.24) is 9.97 Å². The number of rotatable bonds is 6. The Bertz CT molecular complexity index is 1030. The summed E-state index contributed by atoms with van der Waals surface area (Å²) in [7, 11) is -2.76. The van der Waals surface area contributed by atoms with Crippen LogP contribution in [-0.2, 0) is 10.5 Å².